The van der Waals surface area contributed by atoms with Gasteiger partial charge in [0.05, 0.1) is 4.90 Å². The molecule has 1 aromatic carbocycles. The zero-order valence-corrected chi connectivity index (χ0v) is 17.1. The molecule has 0 aliphatic heterocycles. The Hall–Kier alpha value is -1.74. The predicted octanol–water partition coefficient (Wildman–Crippen LogP) is 1.81. The molecule has 9 nitrogen and oxygen atoms in total. The number of sulfone groups is 1. The standard InChI is InChI=1S/C9H5Cl2NO2S.C3Cl3N3O3/c10-8(6-12)9(11)15(13,14)7-4-2-1-3-5-7;4-7-1(10)8(5)3(12)9(6)2(7)11/h1-5H;. The van der Waals surface area contributed by atoms with Crippen LogP contribution >= 0.6 is 58.5 Å². The van der Waals surface area contributed by atoms with Gasteiger partial charge in [-0.2, -0.15) is 5.26 Å². The molecule has 0 unspecified atom stereocenters. The summed E-state index contributed by atoms with van der Waals surface area (Å²) in [4.78, 5) is 32.3. The molecule has 2 rings (SSSR count). The maximum absolute atomic E-state index is 11.7. The highest BCUT2D eigenvalue weighted by Gasteiger charge is 2.21. The Morgan fingerprint density at radius 2 is 1.22 bits per heavy atom. The number of rotatable bonds is 2. The Bertz CT molecular complexity index is 1110. The van der Waals surface area contributed by atoms with E-state index in [9.17, 15) is 22.8 Å². The number of nitrogens with zero attached hydrogens (tertiary/aromatic N) is 4. The van der Waals surface area contributed by atoms with Crippen LogP contribution in [0, 0.1) is 11.3 Å². The second-order valence-electron chi connectivity index (χ2n) is 4.21. The minimum Gasteiger partial charge on any atom is -0.244 e. The number of aromatic nitrogens is 3. The summed E-state index contributed by atoms with van der Waals surface area (Å²) >= 11 is 26.2. The lowest BCUT2D eigenvalue weighted by molar-refractivity contribution is 0.604. The maximum atomic E-state index is 11.7. The average Bonchev–Trinajstić information content (AvgIpc) is 2.69. The Morgan fingerprint density at radius 3 is 1.56 bits per heavy atom. The Labute approximate surface area is 176 Å². The fourth-order valence-corrected chi connectivity index (χ4v) is 3.53. The summed E-state index contributed by atoms with van der Waals surface area (Å²) in [5.41, 5.74) is -3.49. The van der Waals surface area contributed by atoms with E-state index in [1.165, 1.54) is 18.2 Å². The van der Waals surface area contributed by atoms with E-state index in [1.54, 1.807) is 18.2 Å². The first-order chi connectivity index (χ1) is 12.5. The number of benzene rings is 1. The zero-order chi connectivity index (χ0) is 20.9. The van der Waals surface area contributed by atoms with Crippen molar-refractivity contribution in [2.75, 3.05) is 0 Å². The van der Waals surface area contributed by atoms with Crippen molar-refractivity contribution in [1.29, 1.82) is 5.26 Å². The van der Waals surface area contributed by atoms with E-state index in [4.69, 9.17) is 63.8 Å². The summed E-state index contributed by atoms with van der Waals surface area (Å²) < 4.78 is 23.0. The van der Waals surface area contributed by atoms with Gasteiger partial charge in [0, 0.05) is 35.3 Å². The molecule has 1 heterocycles. The van der Waals surface area contributed by atoms with Crippen LogP contribution in [0.2, 0.25) is 0 Å². The molecule has 0 spiro atoms. The van der Waals surface area contributed by atoms with Crippen molar-refractivity contribution in [1.82, 2.24) is 12.3 Å². The van der Waals surface area contributed by atoms with Gasteiger partial charge in [0.2, 0.25) is 9.84 Å². The van der Waals surface area contributed by atoms with Crippen LogP contribution in [0.1, 0.15) is 0 Å². The average molecular weight is 495 g/mol. The normalized spacial score (nSPS) is 11.7. The molecule has 0 fully saturated rings. The van der Waals surface area contributed by atoms with Crippen LogP contribution in [-0.4, -0.2) is 20.7 Å². The molecule has 0 saturated carbocycles. The Morgan fingerprint density at radius 1 is 0.852 bits per heavy atom. The van der Waals surface area contributed by atoms with Gasteiger partial charge in [0.1, 0.15) is 11.1 Å². The van der Waals surface area contributed by atoms with Crippen LogP contribution < -0.4 is 17.1 Å². The molecule has 0 aliphatic rings. The third-order valence-corrected chi connectivity index (χ3v) is 6.28. The first kappa shape index (κ1) is 23.3. The lowest BCUT2D eigenvalue weighted by atomic mass is 10.4. The second-order valence-corrected chi connectivity index (χ2v) is 8.09. The lowest BCUT2D eigenvalue weighted by Crippen LogP contribution is -2.47. The van der Waals surface area contributed by atoms with Gasteiger partial charge in [-0.1, -0.05) is 41.4 Å². The summed E-state index contributed by atoms with van der Waals surface area (Å²) in [6.45, 7) is 0. The Kier molecular flexibility index (Phi) is 8.16. The van der Waals surface area contributed by atoms with Crippen molar-refractivity contribution >= 4 is 68.4 Å². The smallest absolute Gasteiger partial charge is 0.244 e. The summed E-state index contributed by atoms with van der Waals surface area (Å²) in [6.07, 6.45) is 0. The molecule has 0 atom stereocenters. The quantitative estimate of drug-likeness (QED) is 0.587. The van der Waals surface area contributed by atoms with Gasteiger partial charge < -0.3 is 0 Å². The highest BCUT2D eigenvalue weighted by molar-refractivity contribution is 7.97. The van der Waals surface area contributed by atoms with Gasteiger partial charge in [0.25, 0.3) is 0 Å². The van der Waals surface area contributed by atoms with Crippen molar-refractivity contribution in [3.8, 4) is 6.07 Å². The van der Waals surface area contributed by atoms with E-state index < -0.39 is 36.3 Å². The highest BCUT2D eigenvalue weighted by Crippen LogP contribution is 2.26. The van der Waals surface area contributed by atoms with Crippen molar-refractivity contribution in [3.05, 3.63) is 71.2 Å². The van der Waals surface area contributed by atoms with Gasteiger partial charge in [0.15, 0.2) is 4.36 Å². The van der Waals surface area contributed by atoms with E-state index in [0.717, 1.165) is 0 Å². The largest absolute Gasteiger partial charge is 0.366 e. The molecule has 15 heteroatoms. The maximum Gasteiger partial charge on any atom is 0.366 e. The van der Waals surface area contributed by atoms with Crippen LogP contribution in [0.3, 0.4) is 0 Å². The molecule has 1 aromatic heterocycles. The van der Waals surface area contributed by atoms with Gasteiger partial charge in [-0.15, -0.1) is 12.3 Å². The van der Waals surface area contributed by atoms with Crippen LogP contribution in [0.4, 0.5) is 0 Å². The van der Waals surface area contributed by atoms with Crippen molar-refractivity contribution in [3.63, 3.8) is 0 Å². The topological polar surface area (TPSA) is 124 Å². The fraction of sp³-hybridized carbons (Fsp3) is 0. The first-order valence-corrected chi connectivity index (χ1v) is 9.47. The third-order valence-electron chi connectivity index (χ3n) is 2.57. The van der Waals surface area contributed by atoms with E-state index in [0.29, 0.717) is 0 Å². The van der Waals surface area contributed by atoms with E-state index in [-0.39, 0.29) is 17.2 Å². The summed E-state index contributed by atoms with van der Waals surface area (Å²) in [7, 11) is -3.86. The van der Waals surface area contributed by atoms with Crippen molar-refractivity contribution < 1.29 is 8.42 Å². The summed E-state index contributed by atoms with van der Waals surface area (Å²) in [5.74, 6) is 0. The van der Waals surface area contributed by atoms with Crippen molar-refractivity contribution in [2.24, 2.45) is 0 Å². The minimum absolute atomic E-state index is 0.00315. The molecule has 0 saturated heterocycles. The van der Waals surface area contributed by atoms with Gasteiger partial charge in [-0.05, 0) is 12.1 Å². The molecular weight excluding hydrogens is 489 g/mol. The SMILES string of the molecule is N#CC(Cl)=C(Cl)S(=O)(=O)c1ccccc1.O=c1n(Cl)c(=O)n(Cl)c(=O)n1Cl. The zero-order valence-electron chi connectivity index (χ0n) is 12.5. The van der Waals surface area contributed by atoms with Crippen LogP contribution in [-0.2, 0) is 9.84 Å². The molecule has 27 heavy (non-hydrogen) atoms. The molecule has 0 aliphatic carbocycles. The minimum atomic E-state index is -3.86. The second kappa shape index (κ2) is 9.45. The van der Waals surface area contributed by atoms with E-state index >= 15 is 0 Å². The van der Waals surface area contributed by atoms with Crippen LogP contribution in [0.25, 0.3) is 0 Å². The van der Waals surface area contributed by atoms with Gasteiger partial charge >= 0.3 is 17.1 Å². The molecule has 0 bridgehead atoms. The first-order valence-electron chi connectivity index (χ1n) is 6.21. The molecule has 2 aromatic rings. The van der Waals surface area contributed by atoms with Crippen LogP contribution in [0.15, 0.2) is 59.0 Å². The van der Waals surface area contributed by atoms with Gasteiger partial charge in [-0.25, -0.2) is 22.8 Å². The number of halogens is 5. The number of hydrogen-bond donors (Lipinski definition) is 0. The predicted molar refractivity (Wildman–Crippen MR) is 101 cm³/mol. The number of nitriles is 1. The third kappa shape index (κ3) is 5.16. The molecule has 0 N–H and O–H groups in total. The van der Waals surface area contributed by atoms with Crippen molar-refractivity contribution in [2.45, 2.75) is 4.90 Å². The molecule has 0 radical (unpaired) electrons. The highest BCUT2D eigenvalue weighted by atomic mass is 35.5. The summed E-state index contributed by atoms with van der Waals surface area (Å²) in [5, 5.41) is 7.89. The fourth-order valence-electron chi connectivity index (χ4n) is 1.34. The monoisotopic (exact) mass is 492 g/mol. The molecular formula is C12H5Cl5N4O5S. The summed E-state index contributed by atoms with van der Waals surface area (Å²) in [6, 6.07) is 9.00. The van der Waals surface area contributed by atoms with Crippen LogP contribution in [0.5, 0.6) is 0 Å². The molecule has 0 amide bonds. The number of allylic oxidation sites excluding steroid dienone is 1. The van der Waals surface area contributed by atoms with E-state index in [2.05, 4.69) is 0 Å². The lowest BCUT2D eigenvalue weighted by Gasteiger charge is -2.01. The van der Waals surface area contributed by atoms with E-state index in [1.807, 2.05) is 0 Å². The number of hydrogen-bond acceptors (Lipinski definition) is 6. The van der Waals surface area contributed by atoms with Gasteiger partial charge in [-0.3, -0.25) is 0 Å². The molecule has 144 valence electrons. The Balaban J connectivity index is 0.000000277.